The molecule has 0 fully saturated rings. The highest BCUT2D eigenvalue weighted by atomic mass is 16.4. The van der Waals surface area contributed by atoms with Crippen LogP contribution in [0.3, 0.4) is 0 Å². The minimum absolute atomic E-state index is 0.0235. The summed E-state index contributed by atoms with van der Waals surface area (Å²) in [6.45, 7) is 0. The molecule has 1 aromatic heterocycles. The third-order valence-electron chi connectivity index (χ3n) is 5.82. The van der Waals surface area contributed by atoms with Crippen molar-refractivity contribution < 1.29 is 39.0 Å². The lowest BCUT2D eigenvalue weighted by Crippen LogP contribution is -2.58. The molecule has 10 N–H and O–H groups in total. The standard InChI is InChI=1S/C25H33N7O8/c26-16(11-15-12-28-13-29-15)22(36)32-19(10-14-4-2-1-3-5-14)24(38)30-17(6-8-20(27)33)23(37)31-18(25(39)40)7-9-21(34)35/h1-5,12-13,16-19H,6-11,26H2,(H2,27,33)(H,28,29)(H,30,38)(H,31,37)(H,32,36)(H,34,35)(H,39,40). The van der Waals surface area contributed by atoms with Gasteiger partial charge in [0.2, 0.25) is 23.6 Å². The number of amides is 4. The van der Waals surface area contributed by atoms with Crippen molar-refractivity contribution >= 4 is 35.6 Å². The molecule has 0 aliphatic carbocycles. The van der Waals surface area contributed by atoms with E-state index in [-0.39, 0.29) is 25.7 Å². The number of primary amides is 1. The molecule has 0 aliphatic heterocycles. The summed E-state index contributed by atoms with van der Waals surface area (Å²) in [7, 11) is 0. The van der Waals surface area contributed by atoms with E-state index >= 15 is 0 Å². The monoisotopic (exact) mass is 559 g/mol. The van der Waals surface area contributed by atoms with E-state index in [1.165, 1.54) is 12.5 Å². The number of aliphatic carboxylic acids is 2. The molecular weight excluding hydrogens is 526 g/mol. The Bertz CT molecular complexity index is 1170. The van der Waals surface area contributed by atoms with E-state index < -0.39 is 72.6 Å². The molecule has 4 unspecified atom stereocenters. The van der Waals surface area contributed by atoms with Crippen molar-refractivity contribution in [2.24, 2.45) is 11.5 Å². The molecule has 40 heavy (non-hydrogen) atoms. The first-order chi connectivity index (χ1) is 19.0. The van der Waals surface area contributed by atoms with Crippen LogP contribution < -0.4 is 27.4 Å². The number of benzene rings is 1. The Morgan fingerprint density at radius 1 is 0.825 bits per heavy atom. The molecule has 4 amide bonds. The van der Waals surface area contributed by atoms with E-state index in [2.05, 4.69) is 25.9 Å². The van der Waals surface area contributed by atoms with E-state index in [4.69, 9.17) is 16.6 Å². The number of imidazole rings is 1. The number of rotatable bonds is 17. The summed E-state index contributed by atoms with van der Waals surface area (Å²) in [5.41, 5.74) is 12.5. The van der Waals surface area contributed by atoms with Gasteiger partial charge in [-0.2, -0.15) is 0 Å². The van der Waals surface area contributed by atoms with E-state index in [1.807, 2.05) is 0 Å². The third kappa shape index (κ3) is 10.9. The fourth-order valence-electron chi connectivity index (χ4n) is 3.69. The van der Waals surface area contributed by atoms with Crippen LogP contribution in [0.15, 0.2) is 42.9 Å². The van der Waals surface area contributed by atoms with Gasteiger partial charge in [0, 0.05) is 37.6 Å². The quantitative estimate of drug-likeness (QED) is 0.108. The van der Waals surface area contributed by atoms with Gasteiger partial charge in [-0.25, -0.2) is 9.78 Å². The molecule has 2 aromatic rings. The Morgan fingerprint density at radius 3 is 2.00 bits per heavy atom. The van der Waals surface area contributed by atoms with Crippen molar-refractivity contribution in [3.8, 4) is 0 Å². The van der Waals surface area contributed by atoms with Crippen molar-refractivity contribution in [2.45, 2.75) is 62.7 Å². The number of carboxylic acids is 2. The number of aromatic amines is 1. The molecule has 15 heteroatoms. The molecule has 0 saturated carbocycles. The summed E-state index contributed by atoms with van der Waals surface area (Å²) in [6, 6.07) is 3.50. The summed E-state index contributed by atoms with van der Waals surface area (Å²) in [4.78, 5) is 79.6. The Balaban J connectivity index is 2.21. The normalized spacial score (nSPS) is 13.7. The van der Waals surface area contributed by atoms with E-state index in [0.717, 1.165) is 0 Å². The second kappa shape index (κ2) is 15.6. The van der Waals surface area contributed by atoms with Gasteiger partial charge >= 0.3 is 11.9 Å². The second-order valence-corrected chi connectivity index (χ2v) is 9.04. The number of nitrogens with two attached hydrogens (primary N) is 2. The van der Waals surface area contributed by atoms with Crippen molar-refractivity contribution in [1.29, 1.82) is 0 Å². The molecular formula is C25H33N7O8. The van der Waals surface area contributed by atoms with Crippen molar-refractivity contribution in [3.63, 3.8) is 0 Å². The number of H-pyrrole nitrogens is 1. The third-order valence-corrected chi connectivity index (χ3v) is 5.82. The topological polar surface area (TPSA) is 260 Å². The predicted octanol–water partition coefficient (Wildman–Crippen LogP) is -1.81. The number of nitrogens with zero attached hydrogens (tertiary/aromatic N) is 1. The molecule has 1 heterocycles. The zero-order valence-electron chi connectivity index (χ0n) is 21.5. The lowest BCUT2D eigenvalue weighted by molar-refractivity contribution is -0.143. The number of carbonyl (C=O) groups is 6. The Labute approximate surface area is 229 Å². The highest BCUT2D eigenvalue weighted by Gasteiger charge is 2.31. The molecule has 0 saturated heterocycles. The maximum atomic E-state index is 13.3. The minimum Gasteiger partial charge on any atom is -0.481 e. The number of carbonyl (C=O) groups excluding carboxylic acids is 4. The predicted molar refractivity (Wildman–Crippen MR) is 139 cm³/mol. The van der Waals surface area contributed by atoms with Crippen LogP contribution in [0, 0.1) is 0 Å². The van der Waals surface area contributed by atoms with Crippen molar-refractivity contribution in [3.05, 3.63) is 54.1 Å². The van der Waals surface area contributed by atoms with Gasteiger partial charge in [-0.15, -0.1) is 0 Å². The number of carboxylic acid groups (broad SMARTS) is 2. The minimum atomic E-state index is -1.56. The zero-order chi connectivity index (χ0) is 29.7. The van der Waals surface area contributed by atoms with E-state index in [0.29, 0.717) is 11.3 Å². The maximum Gasteiger partial charge on any atom is 0.326 e. The Morgan fingerprint density at radius 2 is 1.43 bits per heavy atom. The van der Waals surface area contributed by atoms with Crippen LogP contribution >= 0.6 is 0 Å². The van der Waals surface area contributed by atoms with Gasteiger partial charge < -0.3 is 42.6 Å². The summed E-state index contributed by atoms with van der Waals surface area (Å²) >= 11 is 0. The number of nitrogens with one attached hydrogen (secondary N) is 4. The fraction of sp³-hybridized carbons (Fsp3) is 0.400. The van der Waals surface area contributed by atoms with Crippen LogP contribution in [0.4, 0.5) is 0 Å². The maximum absolute atomic E-state index is 13.3. The van der Waals surface area contributed by atoms with Crippen LogP contribution in [0.5, 0.6) is 0 Å². The van der Waals surface area contributed by atoms with Gasteiger partial charge in [0.1, 0.15) is 18.1 Å². The first-order valence-electron chi connectivity index (χ1n) is 12.4. The highest BCUT2D eigenvalue weighted by molar-refractivity contribution is 5.94. The number of aromatic nitrogens is 2. The van der Waals surface area contributed by atoms with Gasteiger partial charge in [0.25, 0.3) is 0 Å². The molecule has 15 nitrogen and oxygen atoms in total. The van der Waals surface area contributed by atoms with Crippen molar-refractivity contribution in [2.75, 3.05) is 0 Å². The summed E-state index contributed by atoms with van der Waals surface area (Å²) < 4.78 is 0. The van der Waals surface area contributed by atoms with Gasteiger partial charge in [0.05, 0.1) is 12.4 Å². The molecule has 0 bridgehead atoms. The van der Waals surface area contributed by atoms with Gasteiger partial charge in [-0.05, 0) is 18.4 Å². The molecule has 0 radical (unpaired) electrons. The first-order valence-corrected chi connectivity index (χ1v) is 12.4. The highest BCUT2D eigenvalue weighted by Crippen LogP contribution is 2.08. The lowest BCUT2D eigenvalue weighted by Gasteiger charge is -2.25. The Kier molecular flexibility index (Phi) is 12.2. The molecule has 0 aliphatic rings. The van der Waals surface area contributed by atoms with Gasteiger partial charge in [-0.3, -0.25) is 24.0 Å². The largest absolute Gasteiger partial charge is 0.481 e. The summed E-state index contributed by atoms with van der Waals surface area (Å²) in [5, 5.41) is 25.5. The van der Waals surface area contributed by atoms with Crippen LogP contribution in [0.2, 0.25) is 0 Å². The van der Waals surface area contributed by atoms with Crippen molar-refractivity contribution in [1.82, 2.24) is 25.9 Å². The molecule has 4 atom stereocenters. The smallest absolute Gasteiger partial charge is 0.326 e. The van der Waals surface area contributed by atoms with Gasteiger partial charge in [-0.1, -0.05) is 30.3 Å². The fourth-order valence-corrected chi connectivity index (χ4v) is 3.69. The average Bonchev–Trinajstić information content (AvgIpc) is 3.41. The van der Waals surface area contributed by atoms with E-state index in [9.17, 15) is 33.9 Å². The Hall–Kier alpha value is -4.79. The molecule has 2 rings (SSSR count). The number of hydrogen-bond donors (Lipinski definition) is 8. The van der Waals surface area contributed by atoms with Crippen LogP contribution in [0.1, 0.15) is 36.9 Å². The van der Waals surface area contributed by atoms with Crippen LogP contribution in [-0.4, -0.2) is 79.9 Å². The summed E-state index contributed by atoms with van der Waals surface area (Å²) in [6.07, 6.45) is 1.54. The summed E-state index contributed by atoms with van der Waals surface area (Å²) in [5.74, 6) is -5.92. The lowest BCUT2D eigenvalue weighted by atomic mass is 10.0. The zero-order valence-corrected chi connectivity index (χ0v) is 21.5. The number of hydrogen-bond acceptors (Lipinski definition) is 8. The second-order valence-electron chi connectivity index (χ2n) is 9.04. The van der Waals surface area contributed by atoms with Gasteiger partial charge in [0.15, 0.2) is 0 Å². The molecule has 1 aromatic carbocycles. The SMILES string of the molecule is NC(=O)CCC(NC(=O)C(Cc1ccccc1)NC(=O)C(N)Cc1cnc[nH]1)C(=O)NC(CCC(=O)O)C(=O)O. The van der Waals surface area contributed by atoms with E-state index in [1.54, 1.807) is 30.3 Å². The first kappa shape index (κ1) is 31.4. The average molecular weight is 560 g/mol. The van der Waals surface area contributed by atoms with Crippen LogP contribution in [-0.2, 0) is 41.6 Å². The molecule has 216 valence electrons. The molecule has 0 spiro atoms. The van der Waals surface area contributed by atoms with Crippen LogP contribution in [0.25, 0.3) is 0 Å².